The van der Waals surface area contributed by atoms with Gasteiger partial charge in [0.25, 0.3) is 0 Å². The van der Waals surface area contributed by atoms with E-state index in [1.807, 2.05) is 19.2 Å². The molecule has 0 bridgehead atoms. The van der Waals surface area contributed by atoms with E-state index >= 15 is 0 Å². The Morgan fingerprint density at radius 1 is 1.47 bits per heavy atom. The van der Waals surface area contributed by atoms with Crippen LogP contribution >= 0.6 is 0 Å². The number of hydrogen-bond acceptors (Lipinski definition) is 3. The van der Waals surface area contributed by atoms with Crippen molar-refractivity contribution >= 4 is 11.8 Å². The Balaban J connectivity index is 2.32. The molecule has 0 aliphatic heterocycles. The summed E-state index contributed by atoms with van der Waals surface area (Å²) in [6, 6.07) is 1.98. The second-order valence-electron chi connectivity index (χ2n) is 4.06. The molecule has 2 rings (SSSR count). The molecule has 1 fully saturated rings. The van der Waals surface area contributed by atoms with Crippen LogP contribution < -0.4 is 0 Å². The van der Waals surface area contributed by atoms with Crippen LogP contribution in [0.3, 0.4) is 0 Å². The van der Waals surface area contributed by atoms with Crippen LogP contribution in [0.5, 0.6) is 0 Å². The van der Waals surface area contributed by atoms with Gasteiger partial charge in [-0.15, -0.1) is 0 Å². The van der Waals surface area contributed by atoms with Gasteiger partial charge in [-0.25, -0.2) is 4.79 Å². The van der Waals surface area contributed by atoms with Crippen molar-refractivity contribution in [3.05, 3.63) is 23.5 Å². The smallest absolute Gasteiger partial charge is 0.240 e. The van der Waals surface area contributed by atoms with Crippen molar-refractivity contribution in [1.82, 2.24) is 4.98 Å². The van der Waals surface area contributed by atoms with E-state index in [4.69, 9.17) is 0 Å². The summed E-state index contributed by atoms with van der Waals surface area (Å²) < 4.78 is 0. The molecule has 3 nitrogen and oxygen atoms in total. The molecule has 0 N–H and O–H groups in total. The molecule has 1 saturated carbocycles. The standard InChI is InChI=1S/C12H14N2O/c1-9-12(14-8-15)6-11(7-13-9)10-4-2-3-5-10/h6-7,10H,2-5H2,1H3. The zero-order chi connectivity index (χ0) is 10.7. The molecule has 0 aromatic carbocycles. The van der Waals surface area contributed by atoms with Crippen LogP contribution in [0.15, 0.2) is 17.3 Å². The van der Waals surface area contributed by atoms with Crippen molar-refractivity contribution in [2.24, 2.45) is 4.99 Å². The zero-order valence-electron chi connectivity index (χ0n) is 8.86. The van der Waals surface area contributed by atoms with Crippen LogP contribution in [0.1, 0.15) is 42.9 Å². The lowest BCUT2D eigenvalue weighted by molar-refractivity contribution is 0.565. The Labute approximate surface area is 89.3 Å². The van der Waals surface area contributed by atoms with E-state index in [2.05, 4.69) is 9.98 Å². The van der Waals surface area contributed by atoms with Crippen molar-refractivity contribution in [3.8, 4) is 0 Å². The monoisotopic (exact) mass is 202 g/mol. The van der Waals surface area contributed by atoms with Gasteiger partial charge in [0.2, 0.25) is 6.08 Å². The van der Waals surface area contributed by atoms with Crippen LogP contribution in [0, 0.1) is 6.92 Å². The second kappa shape index (κ2) is 4.37. The average Bonchev–Trinajstić information content (AvgIpc) is 2.75. The normalized spacial score (nSPS) is 16.3. The van der Waals surface area contributed by atoms with Crippen LogP contribution in [0.4, 0.5) is 5.69 Å². The Morgan fingerprint density at radius 3 is 2.87 bits per heavy atom. The molecule has 0 radical (unpaired) electrons. The number of nitrogens with zero attached hydrogens (tertiary/aromatic N) is 2. The second-order valence-corrected chi connectivity index (χ2v) is 4.06. The average molecular weight is 202 g/mol. The van der Waals surface area contributed by atoms with Crippen molar-refractivity contribution in [1.29, 1.82) is 0 Å². The fourth-order valence-corrected chi connectivity index (χ4v) is 2.18. The Bertz CT molecular complexity index is 402. The van der Waals surface area contributed by atoms with Gasteiger partial charge in [-0.2, -0.15) is 4.99 Å². The van der Waals surface area contributed by atoms with E-state index in [9.17, 15) is 4.79 Å². The van der Waals surface area contributed by atoms with Crippen molar-refractivity contribution in [2.45, 2.75) is 38.5 Å². The summed E-state index contributed by atoms with van der Waals surface area (Å²) in [5.74, 6) is 0.610. The first-order valence-corrected chi connectivity index (χ1v) is 5.35. The lowest BCUT2D eigenvalue weighted by Crippen LogP contribution is -1.94. The molecule has 0 spiro atoms. The van der Waals surface area contributed by atoms with Gasteiger partial charge in [-0.05, 0) is 37.3 Å². The summed E-state index contributed by atoms with van der Waals surface area (Å²) in [6.07, 6.45) is 8.54. The maximum atomic E-state index is 10.2. The van der Waals surface area contributed by atoms with Crippen molar-refractivity contribution < 1.29 is 4.79 Å². The van der Waals surface area contributed by atoms with Crippen molar-refractivity contribution in [2.75, 3.05) is 0 Å². The first-order chi connectivity index (χ1) is 7.31. The van der Waals surface area contributed by atoms with Crippen molar-refractivity contribution in [3.63, 3.8) is 0 Å². The third-order valence-corrected chi connectivity index (χ3v) is 3.07. The maximum absolute atomic E-state index is 10.2. The number of aliphatic imine (C=N–C) groups is 1. The summed E-state index contributed by atoms with van der Waals surface area (Å²) in [5, 5.41) is 0. The molecule has 3 heteroatoms. The molecular weight excluding hydrogens is 188 g/mol. The Hall–Kier alpha value is -1.47. The van der Waals surface area contributed by atoms with Crippen LogP contribution in [0.25, 0.3) is 0 Å². The SMILES string of the molecule is Cc1ncc(C2CCCC2)cc1N=C=O. The molecule has 0 amide bonds. The van der Waals surface area contributed by atoms with Gasteiger partial charge in [0.1, 0.15) is 0 Å². The molecule has 1 aliphatic carbocycles. The molecule has 0 atom stereocenters. The number of aromatic nitrogens is 1. The molecule has 1 heterocycles. The largest absolute Gasteiger partial charge is 0.259 e. The third-order valence-electron chi connectivity index (χ3n) is 3.07. The third kappa shape index (κ3) is 2.13. The van der Waals surface area contributed by atoms with E-state index in [-0.39, 0.29) is 0 Å². The molecule has 1 aromatic rings. The predicted octanol–water partition coefficient (Wildman–Crippen LogP) is 3.01. The highest BCUT2D eigenvalue weighted by Gasteiger charge is 2.18. The van der Waals surface area contributed by atoms with E-state index in [1.165, 1.54) is 31.2 Å². The van der Waals surface area contributed by atoms with Gasteiger partial charge in [0, 0.05) is 6.20 Å². The van der Waals surface area contributed by atoms with Crippen LogP contribution in [-0.2, 0) is 4.79 Å². The van der Waals surface area contributed by atoms with Gasteiger partial charge in [-0.3, -0.25) is 4.98 Å². The number of rotatable bonds is 2. The molecule has 0 saturated heterocycles. The predicted molar refractivity (Wildman–Crippen MR) is 58.0 cm³/mol. The maximum Gasteiger partial charge on any atom is 0.240 e. The summed E-state index contributed by atoms with van der Waals surface area (Å²) in [5.41, 5.74) is 2.67. The fraction of sp³-hybridized carbons (Fsp3) is 0.500. The molecule has 78 valence electrons. The van der Waals surface area contributed by atoms with E-state index in [1.54, 1.807) is 6.08 Å². The quantitative estimate of drug-likeness (QED) is 0.546. The van der Waals surface area contributed by atoms with Crippen LogP contribution in [0.2, 0.25) is 0 Å². The lowest BCUT2D eigenvalue weighted by atomic mass is 9.99. The van der Waals surface area contributed by atoms with Gasteiger partial charge in [0.15, 0.2) is 0 Å². The Kier molecular flexibility index (Phi) is 2.93. The minimum absolute atomic E-state index is 0.610. The zero-order valence-corrected chi connectivity index (χ0v) is 8.86. The molecular formula is C12H14N2O. The number of hydrogen-bond donors (Lipinski definition) is 0. The number of pyridine rings is 1. The van der Waals surface area contributed by atoms with Gasteiger partial charge < -0.3 is 0 Å². The molecule has 15 heavy (non-hydrogen) atoms. The van der Waals surface area contributed by atoms with E-state index < -0.39 is 0 Å². The first kappa shape index (κ1) is 10.1. The highest BCUT2D eigenvalue weighted by Crippen LogP contribution is 2.35. The van der Waals surface area contributed by atoms with Gasteiger partial charge in [0.05, 0.1) is 11.4 Å². The highest BCUT2D eigenvalue weighted by atomic mass is 16.1. The van der Waals surface area contributed by atoms with E-state index in [0.717, 1.165) is 5.69 Å². The van der Waals surface area contributed by atoms with Gasteiger partial charge in [-0.1, -0.05) is 12.8 Å². The molecule has 1 aromatic heterocycles. The lowest BCUT2D eigenvalue weighted by Gasteiger charge is -2.09. The minimum Gasteiger partial charge on any atom is -0.259 e. The summed E-state index contributed by atoms with van der Waals surface area (Å²) >= 11 is 0. The molecule has 0 unspecified atom stereocenters. The van der Waals surface area contributed by atoms with Crippen LogP contribution in [-0.4, -0.2) is 11.1 Å². The summed E-state index contributed by atoms with van der Waals surface area (Å²) in [7, 11) is 0. The highest BCUT2D eigenvalue weighted by molar-refractivity contribution is 5.52. The first-order valence-electron chi connectivity index (χ1n) is 5.35. The topological polar surface area (TPSA) is 42.3 Å². The fourth-order valence-electron chi connectivity index (χ4n) is 2.18. The minimum atomic E-state index is 0.610. The van der Waals surface area contributed by atoms with E-state index in [0.29, 0.717) is 11.6 Å². The number of carbonyl (C=O) groups excluding carboxylic acids is 1. The summed E-state index contributed by atoms with van der Waals surface area (Å²) in [6.45, 7) is 1.86. The summed E-state index contributed by atoms with van der Waals surface area (Å²) in [4.78, 5) is 18.2. The number of isocyanates is 1. The molecule has 1 aliphatic rings. The Morgan fingerprint density at radius 2 is 2.20 bits per heavy atom. The van der Waals surface area contributed by atoms with Gasteiger partial charge >= 0.3 is 0 Å². The number of aryl methyl sites for hydroxylation is 1.